The number of rotatable bonds is 6. The average molecular weight is 317 g/mol. The lowest BCUT2D eigenvalue weighted by Crippen LogP contribution is -2.48. The smallest absolute Gasteiger partial charge is 0.319 e. The molecule has 0 bridgehead atoms. The maximum atomic E-state index is 12.2. The van der Waals surface area contributed by atoms with Crippen LogP contribution in [0, 0.1) is 6.92 Å². The Morgan fingerprint density at radius 3 is 2.83 bits per heavy atom. The van der Waals surface area contributed by atoms with Crippen LogP contribution in [0.15, 0.2) is 24.3 Å². The van der Waals surface area contributed by atoms with Crippen molar-refractivity contribution in [1.29, 1.82) is 0 Å². The second-order valence-electron chi connectivity index (χ2n) is 5.79. The Morgan fingerprint density at radius 1 is 1.43 bits per heavy atom. The number of nitrogens with one attached hydrogen (secondary N) is 3. The van der Waals surface area contributed by atoms with E-state index in [0.29, 0.717) is 17.9 Å². The van der Waals surface area contributed by atoms with Crippen LogP contribution in [-0.2, 0) is 0 Å². The highest BCUT2D eigenvalue weighted by molar-refractivity contribution is 5.90. The molecule has 0 radical (unpaired) electrons. The topological polar surface area (TPSA) is 103 Å². The predicted molar refractivity (Wildman–Crippen MR) is 89.1 cm³/mol. The molecule has 0 fully saturated rings. The number of H-pyrrole nitrogens is 1. The van der Waals surface area contributed by atoms with Crippen LogP contribution in [0.3, 0.4) is 0 Å². The van der Waals surface area contributed by atoms with Crippen molar-refractivity contribution >= 4 is 11.7 Å². The van der Waals surface area contributed by atoms with Crippen LogP contribution in [0.1, 0.15) is 32.5 Å². The van der Waals surface area contributed by atoms with Crippen LogP contribution < -0.4 is 10.6 Å². The Bertz CT molecular complexity index is 670. The van der Waals surface area contributed by atoms with Crippen LogP contribution in [0.5, 0.6) is 0 Å². The zero-order valence-electron chi connectivity index (χ0n) is 13.7. The van der Waals surface area contributed by atoms with Crippen molar-refractivity contribution in [3.8, 4) is 11.4 Å². The van der Waals surface area contributed by atoms with Crippen molar-refractivity contribution in [2.45, 2.75) is 39.2 Å². The standard InChI is InChI=1S/C16H23N5O2/c1-4-16(3,8-9-22)19-15(23)18-13-7-5-6-12(10-13)14-17-11(2)20-21-14/h5-7,10,22H,4,8-9H2,1-3H3,(H,17,20,21)(H2,18,19,23). The Labute approximate surface area is 135 Å². The van der Waals surface area contributed by atoms with Gasteiger partial charge in [-0.25, -0.2) is 9.78 Å². The van der Waals surface area contributed by atoms with Gasteiger partial charge < -0.3 is 15.7 Å². The zero-order valence-corrected chi connectivity index (χ0v) is 13.7. The van der Waals surface area contributed by atoms with Crippen LogP contribution in [-0.4, -0.2) is 38.5 Å². The molecule has 2 rings (SSSR count). The first-order valence-corrected chi connectivity index (χ1v) is 7.65. The molecule has 7 nitrogen and oxygen atoms in total. The highest BCUT2D eigenvalue weighted by Gasteiger charge is 2.23. The minimum absolute atomic E-state index is 0.0320. The van der Waals surface area contributed by atoms with Gasteiger partial charge in [-0.1, -0.05) is 19.1 Å². The lowest BCUT2D eigenvalue weighted by Gasteiger charge is -2.29. The minimum atomic E-state index is -0.433. The van der Waals surface area contributed by atoms with Gasteiger partial charge in [0.15, 0.2) is 5.82 Å². The number of aryl methyl sites for hydroxylation is 1. The Kier molecular flexibility index (Phi) is 5.33. The molecule has 0 aliphatic heterocycles. The van der Waals surface area contributed by atoms with E-state index in [4.69, 9.17) is 5.11 Å². The van der Waals surface area contributed by atoms with E-state index in [1.54, 1.807) is 6.07 Å². The Balaban J connectivity index is 2.07. The number of anilines is 1. The van der Waals surface area contributed by atoms with Gasteiger partial charge in [0.1, 0.15) is 5.82 Å². The predicted octanol–water partition coefficient (Wildman–Crippen LogP) is 2.45. The van der Waals surface area contributed by atoms with Crippen LogP contribution in [0.2, 0.25) is 0 Å². The Hall–Kier alpha value is -2.41. The van der Waals surface area contributed by atoms with Crippen molar-refractivity contribution < 1.29 is 9.90 Å². The molecule has 7 heteroatoms. The van der Waals surface area contributed by atoms with Gasteiger partial charge in [-0.3, -0.25) is 5.10 Å². The van der Waals surface area contributed by atoms with Crippen LogP contribution in [0.25, 0.3) is 11.4 Å². The number of aromatic nitrogens is 3. The zero-order chi connectivity index (χ0) is 16.9. The number of aromatic amines is 1. The summed E-state index contributed by atoms with van der Waals surface area (Å²) in [6.45, 7) is 5.75. The van der Waals surface area contributed by atoms with E-state index in [9.17, 15) is 4.79 Å². The summed E-state index contributed by atoms with van der Waals surface area (Å²) in [5, 5.41) is 21.7. The van der Waals surface area contributed by atoms with E-state index in [0.717, 1.165) is 17.8 Å². The number of nitrogens with zero attached hydrogens (tertiary/aromatic N) is 2. The van der Waals surface area contributed by atoms with Gasteiger partial charge in [0, 0.05) is 23.4 Å². The number of hydrogen-bond donors (Lipinski definition) is 4. The number of hydrogen-bond acceptors (Lipinski definition) is 4. The molecular weight excluding hydrogens is 294 g/mol. The first-order chi connectivity index (χ1) is 11.0. The van der Waals surface area contributed by atoms with Crippen molar-refractivity contribution in [1.82, 2.24) is 20.5 Å². The molecule has 1 unspecified atom stereocenters. The molecule has 124 valence electrons. The van der Waals surface area contributed by atoms with Gasteiger partial charge in [-0.05, 0) is 38.8 Å². The van der Waals surface area contributed by atoms with Crippen LogP contribution >= 0.6 is 0 Å². The van der Waals surface area contributed by atoms with E-state index >= 15 is 0 Å². The van der Waals surface area contributed by atoms with E-state index in [1.165, 1.54) is 0 Å². The van der Waals surface area contributed by atoms with Gasteiger partial charge in [0.05, 0.1) is 0 Å². The maximum Gasteiger partial charge on any atom is 0.319 e. The number of carbonyl (C=O) groups is 1. The SMILES string of the molecule is CCC(C)(CCO)NC(=O)Nc1cccc(-c2n[nH]c(C)n2)c1. The first kappa shape index (κ1) is 17.0. The fraction of sp³-hybridized carbons (Fsp3) is 0.438. The number of carbonyl (C=O) groups excluding carboxylic acids is 1. The summed E-state index contributed by atoms with van der Waals surface area (Å²) < 4.78 is 0. The van der Waals surface area contributed by atoms with Gasteiger partial charge in [0.25, 0.3) is 0 Å². The molecule has 23 heavy (non-hydrogen) atoms. The number of aliphatic hydroxyl groups is 1. The van der Waals surface area contributed by atoms with Crippen molar-refractivity contribution in [2.24, 2.45) is 0 Å². The van der Waals surface area contributed by atoms with Crippen molar-refractivity contribution in [2.75, 3.05) is 11.9 Å². The fourth-order valence-corrected chi connectivity index (χ4v) is 2.22. The summed E-state index contributed by atoms with van der Waals surface area (Å²) in [6.07, 6.45) is 1.24. The molecule has 0 saturated carbocycles. The lowest BCUT2D eigenvalue weighted by atomic mass is 9.95. The second-order valence-corrected chi connectivity index (χ2v) is 5.79. The highest BCUT2D eigenvalue weighted by atomic mass is 16.3. The lowest BCUT2D eigenvalue weighted by molar-refractivity contribution is 0.208. The molecule has 2 aromatic rings. The number of amides is 2. The summed E-state index contributed by atoms with van der Waals surface area (Å²) in [5.41, 5.74) is 1.04. The summed E-state index contributed by atoms with van der Waals surface area (Å²) in [4.78, 5) is 16.4. The average Bonchev–Trinajstić information content (AvgIpc) is 2.94. The molecular formula is C16H23N5O2. The minimum Gasteiger partial charge on any atom is -0.396 e. The van der Waals surface area contributed by atoms with E-state index in [-0.39, 0.29) is 12.6 Å². The molecule has 1 aromatic heterocycles. The highest BCUT2D eigenvalue weighted by Crippen LogP contribution is 2.20. The van der Waals surface area contributed by atoms with Crippen LogP contribution in [0.4, 0.5) is 10.5 Å². The molecule has 1 atom stereocenters. The number of aliphatic hydroxyl groups excluding tert-OH is 1. The summed E-state index contributed by atoms with van der Waals surface area (Å²) in [6, 6.07) is 7.04. The summed E-state index contributed by atoms with van der Waals surface area (Å²) >= 11 is 0. The summed E-state index contributed by atoms with van der Waals surface area (Å²) in [5.74, 6) is 1.32. The van der Waals surface area contributed by atoms with E-state index in [1.807, 2.05) is 39.0 Å². The second kappa shape index (κ2) is 7.23. The molecule has 0 spiro atoms. The third-order valence-electron chi connectivity index (χ3n) is 3.84. The third kappa shape index (κ3) is 4.53. The van der Waals surface area contributed by atoms with Gasteiger partial charge in [-0.15, -0.1) is 0 Å². The number of urea groups is 1. The maximum absolute atomic E-state index is 12.2. The van der Waals surface area contributed by atoms with Gasteiger partial charge >= 0.3 is 6.03 Å². The summed E-state index contributed by atoms with van der Waals surface area (Å²) in [7, 11) is 0. The number of benzene rings is 1. The van der Waals surface area contributed by atoms with E-state index in [2.05, 4.69) is 25.8 Å². The van der Waals surface area contributed by atoms with Crippen molar-refractivity contribution in [3.05, 3.63) is 30.1 Å². The largest absolute Gasteiger partial charge is 0.396 e. The Morgan fingerprint density at radius 2 is 2.22 bits per heavy atom. The normalized spacial score (nSPS) is 13.4. The molecule has 1 aromatic carbocycles. The molecule has 4 N–H and O–H groups in total. The van der Waals surface area contributed by atoms with Crippen molar-refractivity contribution in [3.63, 3.8) is 0 Å². The van der Waals surface area contributed by atoms with E-state index < -0.39 is 5.54 Å². The van der Waals surface area contributed by atoms with Gasteiger partial charge in [-0.2, -0.15) is 5.10 Å². The monoisotopic (exact) mass is 317 g/mol. The third-order valence-corrected chi connectivity index (χ3v) is 3.84. The quantitative estimate of drug-likeness (QED) is 0.657. The molecule has 0 saturated heterocycles. The first-order valence-electron chi connectivity index (χ1n) is 7.65. The molecule has 0 aliphatic rings. The molecule has 2 amide bonds. The molecule has 1 heterocycles. The fourth-order valence-electron chi connectivity index (χ4n) is 2.22. The molecule has 0 aliphatic carbocycles. The van der Waals surface area contributed by atoms with Gasteiger partial charge in [0.2, 0.25) is 0 Å².